The van der Waals surface area contributed by atoms with Crippen molar-refractivity contribution in [3.8, 4) is 5.75 Å². The Balaban J connectivity index is 2.66. The van der Waals surface area contributed by atoms with Gasteiger partial charge in [-0.15, -0.1) is 0 Å². The second-order valence-corrected chi connectivity index (χ2v) is 4.88. The summed E-state index contributed by atoms with van der Waals surface area (Å²) in [6, 6.07) is 4.65. The molecule has 6 heteroatoms. The summed E-state index contributed by atoms with van der Waals surface area (Å²) in [5.74, 6) is -0.119. The molecule has 19 heavy (non-hydrogen) atoms. The van der Waals surface area contributed by atoms with Crippen molar-refractivity contribution in [1.29, 1.82) is 0 Å². The van der Waals surface area contributed by atoms with E-state index in [1.54, 1.807) is 6.07 Å². The van der Waals surface area contributed by atoms with E-state index >= 15 is 0 Å². The minimum Gasteiger partial charge on any atom is -0.496 e. The molecular formula is C13H17ClN2O3. The summed E-state index contributed by atoms with van der Waals surface area (Å²) in [4.78, 5) is 23.3. The number of carbonyl (C=O) groups excluding carboxylic acids is 2. The zero-order valence-electron chi connectivity index (χ0n) is 11.1. The predicted octanol–water partition coefficient (Wildman–Crippen LogP) is 2.16. The molecule has 0 fully saturated rings. The van der Waals surface area contributed by atoms with Gasteiger partial charge in [0.25, 0.3) is 5.91 Å². The summed E-state index contributed by atoms with van der Waals surface area (Å²) in [6.45, 7) is 3.84. The average molecular weight is 285 g/mol. The topological polar surface area (TPSA) is 67.4 Å². The standard InChI is InChI=1S/C13H17ClN2O3/c1-8(2)6-12(17)15-16-13(18)10-5-4-9(14)7-11(10)19-3/h4-5,7-8H,6H2,1-3H3,(H,15,17)(H,16,18). The first kappa shape index (κ1) is 15.3. The van der Waals surface area contributed by atoms with Gasteiger partial charge in [0.2, 0.25) is 5.91 Å². The Morgan fingerprint density at radius 1 is 1.32 bits per heavy atom. The van der Waals surface area contributed by atoms with Crippen LogP contribution in [0.4, 0.5) is 0 Å². The highest BCUT2D eigenvalue weighted by Gasteiger charge is 2.13. The van der Waals surface area contributed by atoms with Crippen LogP contribution in [0.5, 0.6) is 5.75 Å². The summed E-state index contributed by atoms with van der Waals surface area (Å²) >= 11 is 5.80. The highest BCUT2D eigenvalue weighted by Crippen LogP contribution is 2.22. The van der Waals surface area contributed by atoms with Crippen LogP contribution in [-0.4, -0.2) is 18.9 Å². The first-order valence-corrected chi connectivity index (χ1v) is 6.24. The molecular weight excluding hydrogens is 268 g/mol. The Bertz CT molecular complexity index is 475. The second kappa shape index (κ2) is 6.99. The van der Waals surface area contributed by atoms with Crippen molar-refractivity contribution in [3.05, 3.63) is 28.8 Å². The largest absolute Gasteiger partial charge is 0.496 e. The fraction of sp³-hybridized carbons (Fsp3) is 0.385. The first-order chi connectivity index (χ1) is 8.93. The highest BCUT2D eigenvalue weighted by molar-refractivity contribution is 6.30. The Kier molecular flexibility index (Phi) is 5.63. The zero-order chi connectivity index (χ0) is 14.4. The normalized spacial score (nSPS) is 10.2. The molecule has 0 radical (unpaired) electrons. The van der Waals surface area contributed by atoms with E-state index in [9.17, 15) is 9.59 Å². The van der Waals surface area contributed by atoms with Crippen molar-refractivity contribution in [1.82, 2.24) is 10.9 Å². The molecule has 0 atom stereocenters. The predicted molar refractivity (Wildman–Crippen MR) is 73.1 cm³/mol. The van der Waals surface area contributed by atoms with E-state index < -0.39 is 5.91 Å². The van der Waals surface area contributed by atoms with E-state index in [1.165, 1.54) is 19.2 Å². The quantitative estimate of drug-likeness (QED) is 0.833. The van der Waals surface area contributed by atoms with Gasteiger partial charge in [0.1, 0.15) is 5.75 Å². The number of hydrogen-bond acceptors (Lipinski definition) is 3. The molecule has 0 saturated carbocycles. The van der Waals surface area contributed by atoms with Crippen molar-refractivity contribution in [3.63, 3.8) is 0 Å². The zero-order valence-corrected chi connectivity index (χ0v) is 11.9. The van der Waals surface area contributed by atoms with Crippen LogP contribution in [0, 0.1) is 5.92 Å². The van der Waals surface area contributed by atoms with Crippen molar-refractivity contribution in [2.45, 2.75) is 20.3 Å². The summed E-state index contributed by atoms with van der Waals surface area (Å²) in [7, 11) is 1.44. The van der Waals surface area contributed by atoms with Crippen LogP contribution >= 0.6 is 11.6 Å². The summed E-state index contributed by atoms with van der Waals surface area (Å²) in [5, 5.41) is 0.470. The highest BCUT2D eigenvalue weighted by atomic mass is 35.5. The van der Waals surface area contributed by atoms with E-state index in [4.69, 9.17) is 16.3 Å². The lowest BCUT2D eigenvalue weighted by atomic mass is 10.1. The van der Waals surface area contributed by atoms with E-state index in [0.29, 0.717) is 22.8 Å². The summed E-state index contributed by atoms with van der Waals surface area (Å²) in [5.41, 5.74) is 4.99. The molecule has 0 saturated heterocycles. The lowest BCUT2D eigenvalue weighted by molar-refractivity contribution is -0.122. The van der Waals surface area contributed by atoms with Gasteiger partial charge in [0.05, 0.1) is 12.7 Å². The molecule has 0 aromatic heterocycles. The number of hydrogen-bond donors (Lipinski definition) is 2. The van der Waals surface area contributed by atoms with Crippen molar-refractivity contribution in [2.24, 2.45) is 5.92 Å². The van der Waals surface area contributed by atoms with Crippen LogP contribution in [0.2, 0.25) is 5.02 Å². The fourth-order valence-electron chi connectivity index (χ4n) is 1.47. The second-order valence-electron chi connectivity index (χ2n) is 4.44. The van der Waals surface area contributed by atoms with Crippen molar-refractivity contribution >= 4 is 23.4 Å². The Labute approximate surface area is 117 Å². The maximum Gasteiger partial charge on any atom is 0.273 e. The van der Waals surface area contributed by atoms with E-state index in [-0.39, 0.29) is 11.8 Å². The minimum atomic E-state index is -0.453. The number of rotatable bonds is 4. The van der Waals surface area contributed by atoms with E-state index in [2.05, 4.69) is 10.9 Å². The third kappa shape index (κ3) is 4.79. The molecule has 2 amide bonds. The number of methoxy groups -OCH3 is 1. The van der Waals surface area contributed by atoms with Crippen LogP contribution < -0.4 is 15.6 Å². The van der Waals surface area contributed by atoms with Crippen LogP contribution in [-0.2, 0) is 4.79 Å². The maximum absolute atomic E-state index is 11.9. The van der Waals surface area contributed by atoms with Gasteiger partial charge in [-0.05, 0) is 24.1 Å². The van der Waals surface area contributed by atoms with E-state index in [1.807, 2.05) is 13.8 Å². The van der Waals surface area contributed by atoms with Gasteiger partial charge in [-0.25, -0.2) is 0 Å². The van der Waals surface area contributed by atoms with Gasteiger partial charge < -0.3 is 4.74 Å². The van der Waals surface area contributed by atoms with Gasteiger partial charge in [0, 0.05) is 11.4 Å². The minimum absolute atomic E-state index is 0.224. The Morgan fingerprint density at radius 3 is 2.58 bits per heavy atom. The number of halogens is 1. The number of carbonyl (C=O) groups is 2. The van der Waals surface area contributed by atoms with Gasteiger partial charge in [-0.3, -0.25) is 20.4 Å². The van der Waals surface area contributed by atoms with Gasteiger partial charge >= 0.3 is 0 Å². The molecule has 2 N–H and O–H groups in total. The Hall–Kier alpha value is -1.75. The smallest absolute Gasteiger partial charge is 0.273 e. The summed E-state index contributed by atoms with van der Waals surface area (Å²) < 4.78 is 5.06. The lowest BCUT2D eigenvalue weighted by Gasteiger charge is -2.11. The van der Waals surface area contributed by atoms with Crippen LogP contribution in [0.25, 0.3) is 0 Å². The van der Waals surface area contributed by atoms with Gasteiger partial charge in [0.15, 0.2) is 0 Å². The van der Waals surface area contributed by atoms with Crippen LogP contribution in [0.15, 0.2) is 18.2 Å². The molecule has 0 heterocycles. The summed E-state index contributed by atoms with van der Waals surface area (Å²) in [6.07, 6.45) is 0.345. The first-order valence-electron chi connectivity index (χ1n) is 5.86. The number of ether oxygens (including phenoxy) is 1. The molecule has 5 nitrogen and oxygen atoms in total. The number of benzene rings is 1. The molecule has 0 bridgehead atoms. The average Bonchev–Trinajstić information content (AvgIpc) is 2.34. The monoisotopic (exact) mass is 284 g/mol. The molecule has 1 aromatic carbocycles. The molecule has 0 aliphatic rings. The molecule has 0 spiro atoms. The fourth-order valence-corrected chi connectivity index (χ4v) is 1.63. The third-order valence-corrected chi connectivity index (χ3v) is 2.55. The van der Waals surface area contributed by atoms with E-state index in [0.717, 1.165) is 0 Å². The van der Waals surface area contributed by atoms with Gasteiger partial charge in [-0.2, -0.15) is 0 Å². The SMILES string of the molecule is COc1cc(Cl)ccc1C(=O)NNC(=O)CC(C)C. The van der Waals surface area contributed by atoms with Crippen molar-refractivity contribution < 1.29 is 14.3 Å². The molecule has 0 unspecified atom stereocenters. The molecule has 0 aliphatic carbocycles. The number of hydrazine groups is 1. The molecule has 1 aromatic rings. The third-order valence-electron chi connectivity index (χ3n) is 2.32. The van der Waals surface area contributed by atoms with Crippen molar-refractivity contribution in [2.75, 3.05) is 7.11 Å². The molecule has 1 rings (SSSR count). The molecule has 104 valence electrons. The Morgan fingerprint density at radius 2 is 2.00 bits per heavy atom. The number of amides is 2. The number of nitrogens with one attached hydrogen (secondary N) is 2. The maximum atomic E-state index is 11.9. The molecule has 0 aliphatic heterocycles. The van der Waals surface area contributed by atoms with Gasteiger partial charge in [-0.1, -0.05) is 25.4 Å². The van der Waals surface area contributed by atoms with Crippen LogP contribution in [0.1, 0.15) is 30.6 Å². The van der Waals surface area contributed by atoms with Crippen LogP contribution in [0.3, 0.4) is 0 Å². The lowest BCUT2D eigenvalue weighted by Crippen LogP contribution is -2.42.